The fraction of sp³-hybridized carbons (Fsp3) is 0.267. The second-order valence-electron chi connectivity index (χ2n) is 5.41. The van der Waals surface area contributed by atoms with Crippen LogP contribution < -0.4 is 10.2 Å². The molecule has 22 heavy (non-hydrogen) atoms. The summed E-state index contributed by atoms with van der Waals surface area (Å²) in [6, 6.07) is 4.93. The van der Waals surface area contributed by atoms with Crippen LogP contribution in [0.1, 0.15) is 12.5 Å². The van der Waals surface area contributed by atoms with Crippen molar-refractivity contribution < 1.29 is 14.4 Å². The molecule has 0 saturated heterocycles. The van der Waals surface area contributed by atoms with E-state index in [1.165, 1.54) is 15.9 Å². The summed E-state index contributed by atoms with van der Waals surface area (Å²) < 4.78 is 0.852. The lowest BCUT2D eigenvalue weighted by molar-refractivity contribution is -0.127. The molecule has 1 unspecified atom stereocenters. The van der Waals surface area contributed by atoms with E-state index in [0.717, 1.165) is 15.7 Å². The van der Waals surface area contributed by atoms with Gasteiger partial charge in [0.2, 0.25) is 0 Å². The number of nitrogens with one attached hydrogen (secondary N) is 1. The Hall–Kier alpha value is -2.15. The predicted octanol–water partition coefficient (Wildman–Crippen LogP) is 1.75. The van der Waals surface area contributed by atoms with E-state index in [-0.39, 0.29) is 12.5 Å². The van der Waals surface area contributed by atoms with Gasteiger partial charge in [-0.25, -0.2) is 4.79 Å². The van der Waals surface area contributed by atoms with Crippen LogP contribution in [0.4, 0.5) is 10.5 Å². The van der Waals surface area contributed by atoms with E-state index in [0.29, 0.717) is 0 Å². The molecule has 2 heterocycles. The zero-order valence-electron chi connectivity index (χ0n) is 12.1. The number of halogens is 1. The van der Waals surface area contributed by atoms with Gasteiger partial charge in [0.15, 0.2) is 0 Å². The Balaban J connectivity index is 2.13. The number of hydrogen-bond donors (Lipinski definition) is 1. The number of imide groups is 1. The number of carbonyl (C=O) groups is 3. The number of benzene rings is 1. The maximum Gasteiger partial charge on any atom is 0.325 e. The highest BCUT2D eigenvalue weighted by molar-refractivity contribution is 9.10. The highest BCUT2D eigenvalue weighted by Gasteiger charge is 2.52. The summed E-state index contributed by atoms with van der Waals surface area (Å²) in [7, 11) is 1.68. The molecule has 0 radical (unpaired) electrons. The molecule has 1 aromatic carbocycles. The Morgan fingerprint density at radius 3 is 2.73 bits per heavy atom. The minimum atomic E-state index is -1.15. The van der Waals surface area contributed by atoms with Crippen LogP contribution in [0.15, 0.2) is 34.8 Å². The Bertz CT molecular complexity index is 731. The molecule has 2 aliphatic heterocycles. The Kier molecular flexibility index (Phi) is 3.32. The predicted molar refractivity (Wildman–Crippen MR) is 84.3 cm³/mol. The van der Waals surface area contributed by atoms with Crippen molar-refractivity contribution in [2.75, 3.05) is 18.5 Å². The normalized spacial score (nSPS) is 24.4. The van der Waals surface area contributed by atoms with Crippen LogP contribution in [0.5, 0.6) is 0 Å². The van der Waals surface area contributed by atoms with Crippen LogP contribution in [-0.4, -0.2) is 36.3 Å². The van der Waals surface area contributed by atoms with Crippen molar-refractivity contribution in [3.8, 4) is 0 Å². The first-order valence-corrected chi connectivity index (χ1v) is 7.52. The third kappa shape index (κ3) is 1.96. The Morgan fingerprint density at radius 2 is 2.00 bits per heavy atom. The molecular formula is C15H14BrN3O3. The van der Waals surface area contributed by atoms with Gasteiger partial charge in [-0.3, -0.25) is 14.9 Å². The van der Waals surface area contributed by atoms with Gasteiger partial charge >= 0.3 is 6.03 Å². The summed E-state index contributed by atoms with van der Waals surface area (Å²) >= 11 is 3.39. The van der Waals surface area contributed by atoms with E-state index in [2.05, 4.69) is 21.2 Å². The van der Waals surface area contributed by atoms with Crippen molar-refractivity contribution >= 4 is 39.5 Å². The van der Waals surface area contributed by atoms with Gasteiger partial charge in [-0.05, 0) is 19.1 Å². The summed E-state index contributed by atoms with van der Waals surface area (Å²) in [6.45, 7) is 1.89. The monoisotopic (exact) mass is 363 g/mol. The average Bonchev–Trinajstić information content (AvgIpc) is 2.60. The fourth-order valence-electron chi connectivity index (χ4n) is 2.95. The molecule has 4 amide bonds. The minimum absolute atomic E-state index is 0.184. The summed E-state index contributed by atoms with van der Waals surface area (Å²) in [5, 5.41) is 2.25. The Morgan fingerprint density at radius 1 is 1.27 bits per heavy atom. The number of amides is 4. The number of hydrogen-bond acceptors (Lipinski definition) is 3. The van der Waals surface area contributed by atoms with Gasteiger partial charge in [-0.15, -0.1) is 0 Å². The Labute approximate surface area is 135 Å². The number of nitrogens with zero attached hydrogens (tertiary/aromatic N) is 2. The first-order valence-electron chi connectivity index (χ1n) is 6.73. The number of urea groups is 1. The molecule has 3 rings (SSSR count). The quantitative estimate of drug-likeness (QED) is 0.826. The van der Waals surface area contributed by atoms with Crippen LogP contribution in [0, 0.1) is 0 Å². The van der Waals surface area contributed by atoms with Crippen molar-refractivity contribution in [1.29, 1.82) is 0 Å². The molecule has 0 saturated carbocycles. The highest BCUT2D eigenvalue weighted by atomic mass is 79.9. The first-order chi connectivity index (χ1) is 10.4. The topological polar surface area (TPSA) is 69.7 Å². The van der Waals surface area contributed by atoms with Gasteiger partial charge in [0.1, 0.15) is 5.54 Å². The van der Waals surface area contributed by atoms with Gasteiger partial charge in [-0.2, -0.15) is 0 Å². The number of fused-ring (bicyclic) bond motifs is 1. The lowest BCUT2D eigenvalue weighted by Crippen LogP contribution is -2.56. The smallest absolute Gasteiger partial charge is 0.313 e. The molecule has 1 N–H and O–H groups in total. The fourth-order valence-corrected chi connectivity index (χ4v) is 3.30. The van der Waals surface area contributed by atoms with E-state index in [4.69, 9.17) is 0 Å². The third-order valence-corrected chi connectivity index (χ3v) is 4.63. The lowest BCUT2D eigenvalue weighted by atomic mass is 9.91. The zero-order valence-corrected chi connectivity index (χ0v) is 13.7. The second kappa shape index (κ2) is 4.95. The molecule has 1 aromatic rings. The summed E-state index contributed by atoms with van der Waals surface area (Å²) in [4.78, 5) is 39.5. The number of carbonyl (C=O) groups excluding carboxylic acids is 3. The molecule has 0 bridgehead atoms. The van der Waals surface area contributed by atoms with Crippen molar-refractivity contribution in [3.63, 3.8) is 0 Å². The molecule has 114 valence electrons. The van der Waals surface area contributed by atoms with Gasteiger partial charge in [0, 0.05) is 29.7 Å². The van der Waals surface area contributed by atoms with E-state index in [1.54, 1.807) is 20.0 Å². The van der Waals surface area contributed by atoms with E-state index in [1.807, 2.05) is 18.2 Å². The van der Waals surface area contributed by atoms with Crippen molar-refractivity contribution in [2.24, 2.45) is 0 Å². The summed E-state index contributed by atoms with van der Waals surface area (Å²) in [5.74, 6) is -0.690. The summed E-state index contributed by atoms with van der Waals surface area (Å²) in [6.07, 6.45) is 2.88. The number of rotatable bonds is 1. The van der Waals surface area contributed by atoms with Crippen molar-refractivity contribution in [1.82, 2.24) is 10.2 Å². The number of likely N-dealkylation sites (N-methyl/N-ethyl adjacent to an activating group) is 1. The number of anilines is 1. The van der Waals surface area contributed by atoms with E-state index in [9.17, 15) is 14.4 Å². The summed E-state index contributed by atoms with van der Waals surface area (Å²) in [5.41, 5.74) is 0.333. The zero-order chi connectivity index (χ0) is 16.1. The highest BCUT2D eigenvalue weighted by Crippen LogP contribution is 2.44. The molecule has 0 aliphatic carbocycles. The molecule has 0 fully saturated rings. The molecule has 2 aliphatic rings. The molecule has 6 nitrogen and oxygen atoms in total. The molecule has 7 heteroatoms. The van der Waals surface area contributed by atoms with E-state index >= 15 is 0 Å². The third-order valence-electron chi connectivity index (χ3n) is 4.14. The van der Waals surface area contributed by atoms with Crippen LogP contribution in [0.2, 0.25) is 0 Å². The van der Waals surface area contributed by atoms with Gasteiger partial charge in [0.05, 0.1) is 5.69 Å². The van der Waals surface area contributed by atoms with Crippen molar-refractivity contribution in [3.05, 3.63) is 40.4 Å². The second-order valence-corrected chi connectivity index (χ2v) is 6.32. The van der Waals surface area contributed by atoms with Crippen LogP contribution in [-0.2, 0) is 15.1 Å². The van der Waals surface area contributed by atoms with Crippen LogP contribution >= 0.6 is 15.9 Å². The maximum atomic E-state index is 12.8. The largest absolute Gasteiger partial charge is 0.325 e. The molecule has 1 atom stereocenters. The van der Waals surface area contributed by atoms with E-state index < -0.39 is 17.5 Å². The van der Waals surface area contributed by atoms with Crippen molar-refractivity contribution in [2.45, 2.75) is 12.5 Å². The lowest BCUT2D eigenvalue weighted by Gasteiger charge is -2.35. The first kappa shape index (κ1) is 14.8. The van der Waals surface area contributed by atoms with Gasteiger partial charge in [0.25, 0.3) is 11.8 Å². The molecular weight excluding hydrogens is 350 g/mol. The van der Waals surface area contributed by atoms with Crippen LogP contribution in [0.25, 0.3) is 0 Å². The minimum Gasteiger partial charge on any atom is -0.313 e. The van der Waals surface area contributed by atoms with Gasteiger partial charge in [-0.1, -0.05) is 28.1 Å². The SMILES string of the molecule is CN1C(=O)C(C)(N2CC=CC(=O)NC2=O)c2ccc(Br)cc21. The molecule has 0 spiro atoms. The van der Waals surface area contributed by atoms with Gasteiger partial charge < -0.3 is 9.80 Å². The maximum absolute atomic E-state index is 12.8. The average molecular weight is 364 g/mol. The molecule has 0 aromatic heterocycles. The standard InChI is InChI=1S/C15H14BrN3O3/c1-15(19-7-3-4-12(20)17-14(19)22)10-6-5-9(16)8-11(10)18(2)13(15)21/h3-6,8H,7H2,1-2H3,(H,17,20,22). The van der Waals surface area contributed by atoms with Crippen LogP contribution in [0.3, 0.4) is 0 Å².